The lowest BCUT2D eigenvalue weighted by Crippen LogP contribution is -2.24. The predicted octanol–water partition coefficient (Wildman–Crippen LogP) is 3.19. The van der Waals surface area contributed by atoms with E-state index in [2.05, 4.69) is 16.9 Å². The van der Waals surface area contributed by atoms with E-state index in [1.165, 1.54) is 4.57 Å². The SMILES string of the molecule is C=CCn1c(=S)[nH]c2cc(C(=O)NCc3cc(OC)cc(OC)c3)ccc2c1=O. The third kappa shape index (κ3) is 4.38. The Bertz CT molecular complexity index is 1170. The van der Waals surface area contributed by atoms with Crippen LogP contribution < -0.4 is 20.3 Å². The molecular formula is C21H21N3O4S. The molecule has 3 aromatic rings. The molecule has 0 atom stereocenters. The van der Waals surface area contributed by atoms with E-state index < -0.39 is 0 Å². The number of fused-ring (bicyclic) bond motifs is 1. The van der Waals surface area contributed by atoms with Crippen LogP contribution in [0.4, 0.5) is 0 Å². The lowest BCUT2D eigenvalue weighted by Gasteiger charge is -2.10. The normalized spacial score (nSPS) is 10.6. The molecule has 0 aliphatic rings. The molecule has 0 saturated heterocycles. The van der Waals surface area contributed by atoms with Crippen LogP contribution in [0.5, 0.6) is 11.5 Å². The monoisotopic (exact) mass is 411 g/mol. The van der Waals surface area contributed by atoms with Crippen LogP contribution in [0.1, 0.15) is 15.9 Å². The molecule has 0 spiro atoms. The zero-order chi connectivity index (χ0) is 21.0. The molecule has 2 aromatic carbocycles. The highest BCUT2D eigenvalue weighted by atomic mass is 32.1. The van der Waals surface area contributed by atoms with E-state index in [1.807, 2.05) is 12.1 Å². The largest absolute Gasteiger partial charge is 0.497 e. The van der Waals surface area contributed by atoms with Crippen molar-refractivity contribution in [3.8, 4) is 11.5 Å². The number of aromatic amines is 1. The lowest BCUT2D eigenvalue weighted by atomic mass is 10.1. The summed E-state index contributed by atoms with van der Waals surface area (Å²) in [6.45, 7) is 4.24. The number of hydrogen-bond donors (Lipinski definition) is 2. The molecule has 7 nitrogen and oxygen atoms in total. The number of carbonyl (C=O) groups is 1. The second-order valence-corrected chi connectivity index (χ2v) is 6.69. The lowest BCUT2D eigenvalue weighted by molar-refractivity contribution is 0.0951. The first-order chi connectivity index (χ1) is 14.0. The first-order valence-electron chi connectivity index (χ1n) is 8.84. The van der Waals surface area contributed by atoms with E-state index in [4.69, 9.17) is 21.7 Å². The van der Waals surface area contributed by atoms with Crippen molar-refractivity contribution in [1.29, 1.82) is 0 Å². The number of hydrogen-bond acceptors (Lipinski definition) is 5. The second-order valence-electron chi connectivity index (χ2n) is 6.30. The Balaban J connectivity index is 1.84. The standard InChI is InChI=1S/C21H21N3O4S/c1-4-7-24-20(26)17-6-5-14(10-18(17)23-21(24)29)19(25)22-12-13-8-15(27-2)11-16(9-13)28-3/h4-6,8-11H,1,7,12H2,2-3H3,(H,22,25)(H,23,29). The molecule has 29 heavy (non-hydrogen) atoms. The number of nitrogens with one attached hydrogen (secondary N) is 2. The molecule has 150 valence electrons. The summed E-state index contributed by atoms with van der Waals surface area (Å²) in [6.07, 6.45) is 1.60. The molecule has 0 aliphatic carbocycles. The zero-order valence-corrected chi connectivity index (χ0v) is 17.0. The first kappa shape index (κ1) is 20.3. The van der Waals surface area contributed by atoms with Gasteiger partial charge in [-0.2, -0.15) is 0 Å². The van der Waals surface area contributed by atoms with Crippen LogP contribution >= 0.6 is 12.2 Å². The predicted molar refractivity (Wildman–Crippen MR) is 114 cm³/mol. The fourth-order valence-electron chi connectivity index (χ4n) is 2.94. The Kier molecular flexibility index (Phi) is 6.13. The van der Waals surface area contributed by atoms with E-state index in [9.17, 15) is 9.59 Å². The quantitative estimate of drug-likeness (QED) is 0.461. The maximum atomic E-state index is 12.6. The van der Waals surface area contributed by atoms with Gasteiger partial charge in [0.15, 0.2) is 4.77 Å². The molecule has 1 heterocycles. The summed E-state index contributed by atoms with van der Waals surface area (Å²) < 4.78 is 12.2. The van der Waals surface area contributed by atoms with Gasteiger partial charge in [0.25, 0.3) is 11.5 Å². The maximum absolute atomic E-state index is 12.6. The fraction of sp³-hybridized carbons (Fsp3) is 0.190. The van der Waals surface area contributed by atoms with E-state index >= 15 is 0 Å². The number of methoxy groups -OCH3 is 2. The van der Waals surface area contributed by atoms with Gasteiger partial charge in [-0.15, -0.1) is 6.58 Å². The maximum Gasteiger partial charge on any atom is 0.262 e. The average Bonchev–Trinajstić information content (AvgIpc) is 2.74. The van der Waals surface area contributed by atoms with Crippen molar-refractivity contribution in [3.63, 3.8) is 0 Å². The van der Waals surface area contributed by atoms with E-state index in [1.54, 1.807) is 44.6 Å². The fourth-order valence-corrected chi connectivity index (χ4v) is 3.21. The first-order valence-corrected chi connectivity index (χ1v) is 9.25. The Morgan fingerprint density at radius 1 is 1.21 bits per heavy atom. The van der Waals surface area contributed by atoms with Crippen LogP contribution in [-0.4, -0.2) is 29.7 Å². The Morgan fingerprint density at radius 3 is 2.52 bits per heavy atom. The van der Waals surface area contributed by atoms with Gasteiger partial charge < -0.3 is 19.8 Å². The summed E-state index contributed by atoms with van der Waals surface area (Å²) in [4.78, 5) is 28.2. The summed E-state index contributed by atoms with van der Waals surface area (Å²) in [5, 5.41) is 3.31. The summed E-state index contributed by atoms with van der Waals surface area (Å²) in [6, 6.07) is 10.2. The summed E-state index contributed by atoms with van der Waals surface area (Å²) in [5.41, 5.74) is 1.54. The smallest absolute Gasteiger partial charge is 0.262 e. The number of rotatable bonds is 7. The highest BCUT2D eigenvalue weighted by molar-refractivity contribution is 7.71. The van der Waals surface area contributed by atoms with Crippen molar-refractivity contribution >= 4 is 29.0 Å². The van der Waals surface area contributed by atoms with Gasteiger partial charge in [-0.05, 0) is 48.1 Å². The zero-order valence-electron chi connectivity index (χ0n) is 16.2. The van der Waals surface area contributed by atoms with Gasteiger partial charge in [0, 0.05) is 24.7 Å². The molecule has 2 N–H and O–H groups in total. The van der Waals surface area contributed by atoms with Gasteiger partial charge in [0.2, 0.25) is 0 Å². The van der Waals surface area contributed by atoms with E-state index in [0.717, 1.165) is 5.56 Å². The molecule has 0 unspecified atom stereocenters. The van der Waals surface area contributed by atoms with Crippen molar-refractivity contribution in [1.82, 2.24) is 14.9 Å². The van der Waals surface area contributed by atoms with Crippen molar-refractivity contribution in [2.45, 2.75) is 13.1 Å². The molecule has 0 radical (unpaired) electrons. The molecule has 0 fully saturated rings. The van der Waals surface area contributed by atoms with Gasteiger partial charge in [-0.1, -0.05) is 6.08 Å². The molecule has 0 bridgehead atoms. The highest BCUT2D eigenvalue weighted by Gasteiger charge is 2.11. The number of carbonyl (C=O) groups excluding carboxylic acids is 1. The molecule has 1 aromatic heterocycles. The molecule has 0 saturated carbocycles. The number of aromatic nitrogens is 2. The van der Waals surface area contributed by atoms with Crippen molar-refractivity contribution < 1.29 is 14.3 Å². The van der Waals surface area contributed by atoms with Gasteiger partial charge in [0.05, 0.1) is 25.1 Å². The van der Waals surface area contributed by atoms with E-state index in [0.29, 0.717) is 41.1 Å². The van der Waals surface area contributed by atoms with E-state index in [-0.39, 0.29) is 16.2 Å². The van der Waals surface area contributed by atoms with Gasteiger partial charge in [-0.25, -0.2) is 0 Å². The summed E-state index contributed by atoms with van der Waals surface area (Å²) in [5.74, 6) is 1.01. The molecule has 0 aliphatic heterocycles. The summed E-state index contributed by atoms with van der Waals surface area (Å²) >= 11 is 5.24. The number of H-pyrrole nitrogens is 1. The minimum Gasteiger partial charge on any atom is -0.497 e. The number of nitrogens with zero attached hydrogens (tertiary/aromatic N) is 1. The van der Waals surface area contributed by atoms with Crippen LogP contribution in [0.15, 0.2) is 53.8 Å². The van der Waals surface area contributed by atoms with Crippen molar-refractivity contribution in [2.75, 3.05) is 14.2 Å². The third-order valence-electron chi connectivity index (χ3n) is 4.42. The Labute approximate surface area is 172 Å². The molecular weight excluding hydrogens is 390 g/mol. The van der Waals surface area contributed by atoms with Crippen LogP contribution in [0.3, 0.4) is 0 Å². The number of ether oxygens (including phenoxy) is 2. The molecule has 8 heteroatoms. The minimum atomic E-state index is -0.275. The average molecular weight is 411 g/mol. The van der Waals surface area contributed by atoms with Gasteiger partial charge in [-0.3, -0.25) is 14.2 Å². The Hall–Kier alpha value is -3.39. The third-order valence-corrected chi connectivity index (χ3v) is 4.74. The summed E-state index contributed by atoms with van der Waals surface area (Å²) in [7, 11) is 3.14. The van der Waals surface area contributed by atoms with Crippen LogP contribution in [0, 0.1) is 4.77 Å². The number of benzene rings is 2. The van der Waals surface area contributed by atoms with Crippen LogP contribution in [0.25, 0.3) is 10.9 Å². The van der Waals surface area contributed by atoms with Gasteiger partial charge in [0.1, 0.15) is 11.5 Å². The topological polar surface area (TPSA) is 85.3 Å². The second kappa shape index (κ2) is 8.74. The Morgan fingerprint density at radius 2 is 1.90 bits per heavy atom. The number of allylic oxidation sites excluding steroid dienone is 1. The molecule has 1 amide bonds. The molecule has 3 rings (SSSR count). The van der Waals surface area contributed by atoms with Crippen molar-refractivity contribution in [3.05, 3.63) is 75.3 Å². The number of amides is 1. The van der Waals surface area contributed by atoms with Crippen LogP contribution in [-0.2, 0) is 13.1 Å². The highest BCUT2D eigenvalue weighted by Crippen LogP contribution is 2.22. The van der Waals surface area contributed by atoms with Crippen LogP contribution in [0.2, 0.25) is 0 Å². The minimum absolute atomic E-state index is 0.223. The van der Waals surface area contributed by atoms with Crippen molar-refractivity contribution in [2.24, 2.45) is 0 Å². The van der Waals surface area contributed by atoms with Gasteiger partial charge >= 0.3 is 0 Å².